The number of halogens is 1. The third-order valence-corrected chi connectivity index (χ3v) is 4.65. The van der Waals surface area contributed by atoms with Crippen molar-refractivity contribution < 1.29 is 23.7 Å². The van der Waals surface area contributed by atoms with Crippen molar-refractivity contribution in [3.05, 3.63) is 76.8 Å². The minimum Gasteiger partial charge on any atom is -0.495 e. The third-order valence-electron chi connectivity index (χ3n) is 4.36. The first-order chi connectivity index (χ1) is 14.5. The Hall–Kier alpha value is -3.38. The van der Waals surface area contributed by atoms with Gasteiger partial charge in [0.1, 0.15) is 12.4 Å². The van der Waals surface area contributed by atoms with Crippen molar-refractivity contribution >= 4 is 23.2 Å². The summed E-state index contributed by atoms with van der Waals surface area (Å²) in [5, 5.41) is 3.20. The van der Waals surface area contributed by atoms with E-state index in [0.717, 1.165) is 5.56 Å². The third kappa shape index (κ3) is 4.96. The minimum atomic E-state index is -0.345. The Balaban J connectivity index is 1.83. The molecule has 3 aromatic rings. The van der Waals surface area contributed by atoms with E-state index < -0.39 is 0 Å². The van der Waals surface area contributed by atoms with Gasteiger partial charge in [0, 0.05) is 11.3 Å². The van der Waals surface area contributed by atoms with Crippen LogP contribution in [0.5, 0.6) is 23.0 Å². The Kier molecular flexibility index (Phi) is 7.03. The van der Waals surface area contributed by atoms with Crippen LogP contribution in [0.15, 0.2) is 60.7 Å². The van der Waals surface area contributed by atoms with E-state index in [2.05, 4.69) is 5.32 Å². The summed E-state index contributed by atoms with van der Waals surface area (Å²) in [6, 6.07) is 17.9. The number of ether oxygens (including phenoxy) is 4. The Labute approximate surface area is 180 Å². The number of carbonyl (C=O) groups excluding carboxylic acids is 1. The smallest absolute Gasteiger partial charge is 0.255 e. The van der Waals surface area contributed by atoms with E-state index in [4.69, 9.17) is 30.5 Å². The number of nitrogens with one attached hydrogen (secondary N) is 1. The number of rotatable bonds is 8. The molecule has 0 heterocycles. The van der Waals surface area contributed by atoms with Gasteiger partial charge >= 0.3 is 0 Å². The Morgan fingerprint density at radius 3 is 2.07 bits per heavy atom. The van der Waals surface area contributed by atoms with Crippen LogP contribution in [0.25, 0.3) is 0 Å². The molecule has 0 spiro atoms. The van der Waals surface area contributed by atoms with Crippen molar-refractivity contribution in [2.24, 2.45) is 0 Å². The topological polar surface area (TPSA) is 66.0 Å². The van der Waals surface area contributed by atoms with Crippen molar-refractivity contribution in [2.45, 2.75) is 6.61 Å². The molecule has 0 atom stereocenters. The molecule has 0 aliphatic rings. The molecule has 6 nitrogen and oxygen atoms in total. The highest BCUT2D eigenvalue weighted by molar-refractivity contribution is 6.32. The van der Waals surface area contributed by atoms with Gasteiger partial charge in [-0.2, -0.15) is 0 Å². The lowest BCUT2D eigenvalue weighted by Crippen LogP contribution is -2.13. The van der Waals surface area contributed by atoms with Gasteiger partial charge in [0.05, 0.1) is 26.4 Å². The molecule has 1 N–H and O–H groups in total. The maximum Gasteiger partial charge on any atom is 0.255 e. The highest BCUT2D eigenvalue weighted by Gasteiger charge is 2.18. The predicted molar refractivity (Wildman–Crippen MR) is 116 cm³/mol. The molecule has 0 aliphatic heterocycles. The van der Waals surface area contributed by atoms with Crippen molar-refractivity contribution in [1.29, 1.82) is 0 Å². The van der Waals surface area contributed by atoms with Crippen LogP contribution in [0.2, 0.25) is 5.02 Å². The minimum absolute atomic E-state index is 0.337. The van der Waals surface area contributed by atoms with E-state index in [9.17, 15) is 4.79 Å². The van der Waals surface area contributed by atoms with Crippen molar-refractivity contribution in [1.82, 2.24) is 0 Å². The second kappa shape index (κ2) is 9.89. The summed E-state index contributed by atoms with van der Waals surface area (Å²) in [7, 11) is 4.55. The summed E-state index contributed by atoms with van der Waals surface area (Å²) >= 11 is 6.13. The van der Waals surface area contributed by atoms with Crippen LogP contribution in [0.1, 0.15) is 15.9 Å². The lowest BCUT2D eigenvalue weighted by Gasteiger charge is -2.16. The van der Waals surface area contributed by atoms with Gasteiger partial charge in [-0.1, -0.05) is 41.9 Å². The number of amides is 1. The summed E-state index contributed by atoms with van der Waals surface area (Å²) in [4.78, 5) is 12.8. The van der Waals surface area contributed by atoms with Gasteiger partial charge in [-0.15, -0.1) is 0 Å². The first-order valence-corrected chi connectivity index (χ1v) is 9.51. The van der Waals surface area contributed by atoms with E-state index in [-0.39, 0.29) is 5.91 Å². The molecule has 0 saturated carbocycles. The molecular formula is C23H22ClNO5. The molecule has 3 rings (SSSR count). The van der Waals surface area contributed by atoms with E-state index in [1.165, 1.54) is 21.3 Å². The first kappa shape index (κ1) is 21.3. The quantitative estimate of drug-likeness (QED) is 0.535. The average Bonchev–Trinajstić information content (AvgIpc) is 2.77. The van der Waals surface area contributed by atoms with Crippen molar-refractivity contribution in [3.63, 3.8) is 0 Å². The van der Waals surface area contributed by atoms with Gasteiger partial charge in [-0.3, -0.25) is 4.79 Å². The molecule has 0 radical (unpaired) electrons. The zero-order valence-corrected chi connectivity index (χ0v) is 17.7. The largest absolute Gasteiger partial charge is 0.495 e. The zero-order valence-electron chi connectivity index (χ0n) is 16.9. The number of benzene rings is 3. The monoisotopic (exact) mass is 427 g/mol. The standard InChI is InChI=1S/C23H22ClNO5/c1-27-19-10-9-17(13-18(19)24)25-23(26)16-11-20(28-2)22(21(12-16)29-3)30-14-15-7-5-4-6-8-15/h4-13H,14H2,1-3H3,(H,25,26). The number of methoxy groups -OCH3 is 3. The molecule has 0 saturated heterocycles. The predicted octanol–water partition coefficient (Wildman–Crippen LogP) is 5.20. The summed E-state index contributed by atoms with van der Waals surface area (Å²) in [6.07, 6.45) is 0. The Morgan fingerprint density at radius 1 is 0.867 bits per heavy atom. The summed E-state index contributed by atoms with van der Waals surface area (Å²) < 4.78 is 21.9. The van der Waals surface area contributed by atoms with Crippen LogP contribution in [0.4, 0.5) is 5.69 Å². The molecule has 0 bridgehead atoms. The molecule has 0 aliphatic carbocycles. The molecule has 30 heavy (non-hydrogen) atoms. The maximum atomic E-state index is 12.8. The number of hydrogen-bond donors (Lipinski definition) is 1. The van der Waals surface area contributed by atoms with Gasteiger partial charge in [-0.05, 0) is 35.9 Å². The fourth-order valence-corrected chi connectivity index (χ4v) is 3.09. The molecule has 0 unspecified atom stereocenters. The van der Waals surface area contributed by atoms with E-state index >= 15 is 0 Å². The fourth-order valence-electron chi connectivity index (χ4n) is 2.83. The van der Waals surface area contributed by atoms with Crippen LogP contribution in [0.3, 0.4) is 0 Å². The lowest BCUT2D eigenvalue weighted by molar-refractivity contribution is 0.102. The van der Waals surface area contributed by atoms with Crippen LogP contribution >= 0.6 is 11.6 Å². The van der Waals surface area contributed by atoms with Crippen molar-refractivity contribution in [3.8, 4) is 23.0 Å². The van der Waals surface area contributed by atoms with Gasteiger partial charge in [0.15, 0.2) is 11.5 Å². The fraction of sp³-hybridized carbons (Fsp3) is 0.174. The normalized spacial score (nSPS) is 10.3. The van der Waals surface area contributed by atoms with Crippen LogP contribution in [-0.4, -0.2) is 27.2 Å². The molecule has 156 valence electrons. The number of hydrogen-bond acceptors (Lipinski definition) is 5. The van der Waals surface area contributed by atoms with Crippen LogP contribution in [-0.2, 0) is 6.61 Å². The summed E-state index contributed by atoms with van der Waals surface area (Å²) in [5.41, 5.74) is 1.88. The number of carbonyl (C=O) groups is 1. The van der Waals surface area contributed by atoms with Gasteiger partial charge in [-0.25, -0.2) is 0 Å². The van der Waals surface area contributed by atoms with Gasteiger partial charge in [0.25, 0.3) is 5.91 Å². The zero-order chi connectivity index (χ0) is 21.5. The van der Waals surface area contributed by atoms with Crippen LogP contribution in [0, 0.1) is 0 Å². The second-order valence-electron chi connectivity index (χ2n) is 6.29. The Morgan fingerprint density at radius 2 is 1.50 bits per heavy atom. The molecule has 3 aromatic carbocycles. The average molecular weight is 428 g/mol. The number of anilines is 1. The molecule has 0 aromatic heterocycles. The SMILES string of the molecule is COc1ccc(NC(=O)c2cc(OC)c(OCc3ccccc3)c(OC)c2)cc1Cl. The maximum absolute atomic E-state index is 12.8. The first-order valence-electron chi connectivity index (χ1n) is 9.13. The van der Waals surface area contributed by atoms with Crippen LogP contribution < -0.4 is 24.3 Å². The molecule has 0 fully saturated rings. The summed E-state index contributed by atoms with van der Waals surface area (Å²) in [6.45, 7) is 0.337. The molecule has 1 amide bonds. The van der Waals surface area contributed by atoms with E-state index in [0.29, 0.717) is 45.9 Å². The van der Waals surface area contributed by atoms with Gasteiger partial charge < -0.3 is 24.3 Å². The lowest BCUT2D eigenvalue weighted by atomic mass is 10.1. The second-order valence-corrected chi connectivity index (χ2v) is 6.69. The highest BCUT2D eigenvalue weighted by Crippen LogP contribution is 2.39. The summed E-state index contributed by atoms with van der Waals surface area (Å²) in [5.74, 6) is 1.39. The van der Waals surface area contributed by atoms with E-state index in [1.807, 2.05) is 30.3 Å². The Bertz CT molecular complexity index is 998. The molecular weight excluding hydrogens is 406 g/mol. The van der Waals surface area contributed by atoms with Gasteiger partial charge in [0.2, 0.25) is 5.75 Å². The van der Waals surface area contributed by atoms with Crippen molar-refractivity contribution in [2.75, 3.05) is 26.6 Å². The highest BCUT2D eigenvalue weighted by atomic mass is 35.5. The molecule has 7 heteroatoms. The van der Waals surface area contributed by atoms with E-state index in [1.54, 1.807) is 30.3 Å².